The van der Waals surface area contributed by atoms with Gasteiger partial charge in [0.2, 0.25) is 0 Å². The van der Waals surface area contributed by atoms with Gasteiger partial charge in [-0.1, -0.05) is 27.5 Å². The molecular weight excluding hydrogens is 370 g/mol. The lowest BCUT2D eigenvalue weighted by Crippen LogP contribution is -2.13. The van der Waals surface area contributed by atoms with E-state index in [0.29, 0.717) is 11.1 Å². The number of benzene rings is 2. The van der Waals surface area contributed by atoms with E-state index in [4.69, 9.17) is 22.4 Å². The Bertz CT molecular complexity index is 744. The third kappa shape index (κ3) is 3.31. The summed E-state index contributed by atoms with van der Waals surface area (Å²) in [4.78, 5) is 23.7. The van der Waals surface area contributed by atoms with Crippen LogP contribution in [0.2, 0.25) is 5.02 Å². The molecule has 114 valence electrons. The molecule has 2 aromatic rings. The minimum atomic E-state index is -1.03. The maximum Gasteiger partial charge on any atom is 0.310 e. The molecule has 0 fully saturated rings. The second-order valence-electron chi connectivity index (χ2n) is 4.85. The van der Waals surface area contributed by atoms with Crippen LogP contribution in [0.4, 0.5) is 5.69 Å². The highest BCUT2D eigenvalue weighted by molar-refractivity contribution is 9.10. The predicted octanol–water partition coefficient (Wildman–Crippen LogP) is 4.10. The van der Waals surface area contributed by atoms with Gasteiger partial charge in [0.1, 0.15) is 0 Å². The maximum atomic E-state index is 12.6. The molecule has 0 radical (unpaired) electrons. The van der Waals surface area contributed by atoms with E-state index in [1.54, 1.807) is 24.3 Å². The first-order valence-corrected chi connectivity index (χ1v) is 7.60. The van der Waals surface area contributed by atoms with Crippen LogP contribution in [0.25, 0.3) is 0 Å². The molecule has 3 N–H and O–H groups in total. The van der Waals surface area contributed by atoms with Crippen LogP contribution in [0.1, 0.15) is 34.3 Å². The summed E-state index contributed by atoms with van der Waals surface area (Å²) in [5.74, 6) is -2.18. The fourth-order valence-corrected chi connectivity index (χ4v) is 2.57. The van der Waals surface area contributed by atoms with Crippen molar-refractivity contribution >= 4 is 45.0 Å². The van der Waals surface area contributed by atoms with Gasteiger partial charge in [-0.3, -0.25) is 9.59 Å². The van der Waals surface area contributed by atoms with Crippen molar-refractivity contribution in [1.82, 2.24) is 0 Å². The average molecular weight is 383 g/mol. The summed E-state index contributed by atoms with van der Waals surface area (Å²) >= 11 is 9.32. The Morgan fingerprint density at radius 2 is 1.82 bits per heavy atom. The van der Waals surface area contributed by atoms with E-state index in [-0.39, 0.29) is 22.1 Å². The zero-order valence-electron chi connectivity index (χ0n) is 11.6. The normalized spacial score (nSPS) is 12.0. The molecule has 0 aromatic heterocycles. The maximum absolute atomic E-state index is 12.6. The third-order valence-corrected chi connectivity index (χ3v) is 4.11. The fourth-order valence-electron chi connectivity index (χ4n) is 2.08. The molecule has 1 atom stereocenters. The first kappa shape index (κ1) is 16.5. The summed E-state index contributed by atoms with van der Waals surface area (Å²) in [5, 5.41) is 9.41. The topological polar surface area (TPSA) is 80.4 Å². The van der Waals surface area contributed by atoms with Crippen LogP contribution in [-0.2, 0) is 4.79 Å². The van der Waals surface area contributed by atoms with Gasteiger partial charge >= 0.3 is 5.97 Å². The Labute approximate surface area is 141 Å². The summed E-state index contributed by atoms with van der Waals surface area (Å²) in [6.07, 6.45) is 0. The van der Waals surface area contributed by atoms with Gasteiger partial charge in [-0.2, -0.15) is 0 Å². The zero-order valence-corrected chi connectivity index (χ0v) is 14.0. The summed E-state index contributed by atoms with van der Waals surface area (Å²) in [7, 11) is 0. The van der Waals surface area contributed by atoms with E-state index in [0.717, 1.165) is 4.47 Å². The number of anilines is 1. The molecule has 0 bridgehead atoms. The lowest BCUT2D eigenvalue weighted by atomic mass is 9.93. The summed E-state index contributed by atoms with van der Waals surface area (Å²) in [6, 6.07) is 9.75. The highest BCUT2D eigenvalue weighted by Crippen LogP contribution is 2.31. The number of carboxylic acid groups (broad SMARTS) is 1. The number of carbonyl (C=O) groups excluding carboxylic acids is 1. The molecule has 0 heterocycles. The number of ketones is 1. The Hall–Kier alpha value is -1.85. The molecule has 0 saturated carbocycles. The standard InChI is InChI=1S/C16H13BrClNO3/c1-8(16(21)22)12-6-11(18)7-13(14(12)19)15(20)9-2-4-10(17)5-3-9/h2-8H,19H2,1H3,(H,21,22). The van der Waals surface area contributed by atoms with Crippen LogP contribution in [0.15, 0.2) is 40.9 Å². The summed E-state index contributed by atoms with van der Waals surface area (Å²) < 4.78 is 0.850. The Morgan fingerprint density at radius 3 is 2.36 bits per heavy atom. The van der Waals surface area contributed by atoms with Crippen molar-refractivity contribution in [3.8, 4) is 0 Å². The third-order valence-electron chi connectivity index (χ3n) is 3.36. The smallest absolute Gasteiger partial charge is 0.310 e. The number of halogens is 2. The molecule has 4 nitrogen and oxygen atoms in total. The molecule has 0 amide bonds. The molecule has 0 aliphatic rings. The molecular formula is C16H13BrClNO3. The van der Waals surface area contributed by atoms with Crippen molar-refractivity contribution in [3.63, 3.8) is 0 Å². The predicted molar refractivity (Wildman–Crippen MR) is 89.5 cm³/mol. The van der Waals surface area contributed by atoms with Crippen LogP contribution < -0.4 is 5.73 Å². The van der Waals surface area contributed by atoms with Crippen LogP contribution in [0.3, 0.4) is 0 Å². The van der Waals surface area contributed by atoms with Crippen molar-refractivity contribution < 1.29 is 14.7 Å². The number of hydrogen-bond acceptors (Lipinski definition) is 3. The highest BCUT2D eigenvalue weighted by atomic mass is 79.9. The van der Waals surface area contributed by atoms with Gasteiger partial charge in [-0.25, -0.2) is 0 Å². The summed E-state index contributed by atoms with van der Waals surface area (Å²) in [5.41, 5.74) is 7.14. The number of rotatable bonds is 4. The lowest BCUT2D eigenvalue weighted by Gasteiger charge is -2.14. The number of carbonyl (C=O) groups is 2. The number of carboxylic acids is 1. The first-order valence-electron chi connectivity index (χ1n) is 6.43. The highest BCUT2D eigenvalue weighted by Gasteiger charge is 2.22. The van der Waals surface area contributed by atoms with Crippen molar-refractivity contribution in [2.75, 3.05) is 5.73 Å². The number of aliphatic carboxylic acids is 1. The minimum absolute atomic E-state index is 0.146. The molecule has 1 unspecified atom stereocenters. The van der Waals surface area contributed by atoms with Gasteiger partial charge in [-0.05, 0) is 48.9 Å². The van der Waals surface area contributed by atoms with Gasteiger partial charge in [0, 0.05) is 26.3 Å². The second-order valence-corrected chi connectivity index (χ2v) is 6.20. The van der Waals surface area contributed by atoms with Gasteiger partial charge in [-0.15, -0.1) is 0 Å². The van der Waals surface area contributed by atoms with Crippen molar-refractivity contribution in [2.24, 2.45) is 0 Å². The Morgan fingerprint density at radius 1 is 1.23 bits per heavy atom. The molecule has 6 heteroatoms. The van der Waals surface area contributed by atoms with E-state index >= 15 is 0 Å². The van der Waals surface area contributed by atoms with Crippen LogP contribution in [0.5, 0.6) is 0 Å². The molecule has 0 spiro atoms. The quantitative estimate of drug-likeness (QED) is 0.616. The Balaban J connectivity index is 2.53. The van der Waals surface area contributed by atoms with E-state index in [2.05, 4.69) is 15.9 Å². The lowest BCUT2D eigenvalue weighted by molar-refractivity contribution is -0.138. The molecule has 22 heavy (non-hydrogen) atoms. The first-order chi connectivity index (χ1) is 10.3. The van der Waals surface area contributed by atoms with E-state index in [1.165, 1.54) is 19.1 Å². The number of nitrogens with two attached hydrogens (primary N) is 1. The van der Waals surface area contributed by atoms with Crippen molar-refractivity contribution in [2.45, 2.75) is 12.8 Å². The van der Waals surface area contributed by atoms with Crippen LogP contribution >= 0.6 is 27.5 Å². The van der Waals surface area contributed by atoms with Gasteiger partial charge < -0.3 is 10.8 Å². The van der Waals surface area contributed by atoms with E-state index in [1.807, 2.05) is 0 Å². The fraction of sp³-hybridized carbons (Fsp3) is 0.125. The SMILES string of the molecule is CC(C(=O)O)c1cc(Cl)cc(C(=O)c2ccc(Br)cc2)c1N. The summed E-state index contributed by atoms with van der Waals surface area (Å²) in [6.45, 7) is 1.50. The molecule has 2 rings (SSSR count). The zero-order chi connectivity index (χ0) is 16.4. The molecule has 0 aliphatic heterocycles. The number of nitrogen functional groups attached to an aromatic ring is 1. The Kier molecular flexibility index (Phi) is 4.88. The number of hydrogen-bond donors (Lipinski definition) is 2. The van der Waals surface area contributed by atoms with Crippen LogP contribution in [0, 0.1) is 0 Å². The van der Waals surface area contributed by atoms with Crippen LogP contribution in [-0.4, -0.2) is 16.9 Å². The van der Waals surface area contributed by atoms with E-state index in [9.17, 15) is 9.59 Å². The minimum Gasteiger partial charge on any atom is -0.481 e. The second kappa shape index (κ2) is 6.50. The molecule has 0 aliphatic carbocycles. The average Bonchev–Trinajstić information content (AvgIpc) is 2.48. The largest absolute Gasteiger partial charge is 0.481 e. The van der Waals surface area contributed by atoms with Gasteiger partial charge in [0.05, 0.1) is 5.92 Å². The monoisotopic (exact) mass is 381 g/mol. The van der Waals surface area contributed by atoms with Gasteiger partial charge in [0.15, 0.2) is 5.78 Å². The van der Waals surface area contributed by atoms with E-state index < -0.39 is 11.9 Å². The molecule has 2 aromatic carbocycles. The molecule has 0 saturated heterocycles. The van der Waals surface area contributed by atoms with Crippen molar-refractivity contribution in [3.05, 3.63) is 62.6 Å². The van der Waals surface area contributed by atoms with Gasteiger partial charge in [0.25, 0.3) is 0 Å². The van der Waals surface area contributed by atoms with Crippen molar-refractivity contribution in [1.29, 1.82) is 0 Å².